The summed E-state index contributed by atoms with van der Waals surface area (Å²) in [6.07, 6.45) is 0.554. The lowest BCUT2D eigenvalue weighted by Gasteiger charge is -2.36. The Labute approximate surface area is 128 Å². The summed E-state index contributed by atoms with van der Waals surface area (Å²) in [5, 5.41) is 12.6. The van der Waals surface area contributed by atoms with Gasteiger partial charge in [-0.3, -0.25) is 4.79 Å². The minimum Gasteiger partial charge on any atom is -0.480 e. The molecule has 21 heavy (non-hydrogen) atoms. The standard InChI is InChI=1S/C17H28N2O2/c1-6-18-17(5,16(20)21)12-14(4)19(7-2)15-10-8-9-13(3)11-15/h8-11,14,18H,6-7,12H2,1-5H3,(H,20,21). The molecule has 1 aromatic rings. The zero-order chi connectivity index (χ0) is 16.0. The Hall–Kier alpha value is -1.55. The van der Waals surface area contributed by atoms with Crippen molar-refractivity contribution in [2.45, 2.75) is 52.6 Å². The van der Waals surface area contributed by atoms with E-state index in [-0.39, 0.29) is 6.04 Å². The summed E-state index contributed by atoms with van der Waals surface area (Å²) in [5.74, 6) is -0.795. The summed E-state index contributed by atoms with van der Waals surface area (Å²) in [7, 11) is 0. The molecule has 4 heteroatoms. The van der Waals surface area contributed by atoms with E-state index in [1.54, 1.807) is 6.92 Å². The van der Waals surface area contributed by atoms with Gasteiger partial charge in [0.1, 0.15) is 5.54 Å². The number of hydrogen-bond acceptors (Lipinski definition) is 3. The number of hydrogen-bond donors (Lipinski definition) is 2. The first-order valence-corrected chi connectivity index (χ1v) is 7.65. The SMILES string of the molecule is CCNC(C)(CC(C)N(CC)c1cccc(C)c1)C(=O)O. The van der Waals surface area contributed by atoms with Crippen LogP contribution < -0.4 is 10.2 Å². The third-order valence-electron chi connectivity index (χ3n) is 3.95. The number of aliphatic carboxylic acids is 1. The summed E-state index contributed by atoms with van der Waals surface area (Å²) in [4.78, 5) is 13.8. The number of carboxylic acid groups (broad SMARTS) is 1. The summed E-state index contributed by atoms with van der Waals surface area (Å²) < 4.78 is 0. The van der Waals surface area contributed by atoms with Crippen molar-refractivity contribution in [1.29, 1.82) is 0 Å². The maximum absolute atomic E-state index is 11.6. The van der Waals surface area contributed by atoms with Crippen LogP contribution in [0.4, 0.5) is 5.69 Å². The molecule has 0 aliphatic heterocycles. The molecule has 118 valence electrons. The van der Waals surface area contributed by atoms with E-state index in [2.05, 4.69) is 49.2 Å². The smallest absolute Gasteiger partial charge is 0.323 e. The average Bonchev–Trinajstić information content (AvgIpc) is 2.39. The minimum atomic E-state index is -0.897. The second kappa shape index (κ2) is 7.46. The van der Waals surface area contributed by atoms with E-state index in [0.717, 1.165) is 12.2 Å². The third-order valence-corrected chi connectivity index (χ3v) is 3.95. The van der Waals surface area contributed by atoms with Crippen LogP contribution in [0.15, 0.2) is 24.3 Å². The highest BCUT2D eigenvalue weighted by Gasteiger charge is 2.35. The number of benzene rings is 1. The molecule has 0 fully saturated rings. The molecular formula is C17H28N2O2. The Morgan fingerprint density at radius 2 is 2.10 bits per heavy atom. The third kappa shape index (κ3) is 4.46. The molecule has 0 saturated heterocycles. The Morgan fingerprint density at radius 3 is 2.57 bits per heavy atom. The van der Waals surface area contributed by atoms with Crippen molar-refractivity contribution in [3.05, 3.63) is 29.8 Å². The molecule has 0 bridgehead atoms. The van der Waals surface area contributed by atoms with E-state index < -0.39 is 11.5 Å². The molecule has 0 aliphatic rings. The van der Waals surface area contributed by atoms with Gasteiger partial charge in [-0.25, -0.2) is 0 Å². The molecular weight excluding hydrogens is 264 g/mol. The first-order chi connectivity index (χ1) is 9.84. The fourth-order valence-corrected chi connectivity index (χ4v) is 2.88. The summed E-state index contributed by atoms with van der Waals surface area (Å²) in [6.45, 7) is 11.5. The quantitative estimate of drug-likeness (QED) is 0.773. The van der Waals surface area contributed by atoms with E-state index >= 15 is 0 Å². The molecule has 2 unspecified atom stereocenters. The van der Waals surface area contributed by atoms with Crippen LogP contribution in [-0.2, 0) is 4.79 Å². The van der Waals surface area contributed by atoms with Crippen LogP contribution in [0.1, 0.15) is 39.7 Å². The van der Waals surface area contributed by atoms with E-state index in [1.807, 2.05) is 13.0 Å². The molecule has 2 atom stereocenters. The van der Waals surface area contributed by atoms with Crippen molar-refractivity contribution >= 4 is 11.7 Å². The van der Waals surface area contributed by atoms with Gasteiger partial charge < -0.3 is 15.3 Å². The topological polar surface area (TPSA) is 52.6 Å². The van der Waals surface area contributed by atoms with E-state index in [9.17, 15) is 9.90 Å². The van der Waals surface area contributed by atoms with Crippen molar-refractivity contribution in [2.24, 2.45) is 0 Å². The first-order valence-electron chi connectivity index (χ1n) is 7.65. The number of anilines is 1. The predicted molar refractivity (Wildman–Crippen MR) is 88.0 cm³/mol. The molecule has 1 rings (SSSR count). The van der Waals surface area contributed by atoms with Gasteiger partial charge in [-0.15, -0.1) is 0 Å². The lowest BCUT2D eigenvalue weighted by molar-refractivity contribution is -0.144. The molecule has 2 N–H and O–H groups in total. The molecule has 1 aromatic carbocycles. The monoisotopic (exact) mass is 292 g/mol. The largest absolute Gasteiger partial charge is 0.480 e. The van der Waals surface area contributed by atoms with Gasteiger partial charge in [-0.1, -0.05) is 19.1 Å². The van der Waals surface area contributed by atoms with Crippen molar-refractivity contribution in [3.8, 4) is 0 Å². The van der Waals surface area contributed by atoms with Crippen molar-refractivity contribution in [2.75, 3.05) is 18.0 Å². The maximum atomic E-state index is 11.6. The molecule has 4 nitrogen and oxygen atoms in total. The number of nitrogens with zero attached hydrogens (tertiary/aromatic N) is 1. The van der Waals surface area contributed by atoms with Crippen molar-refractivity contribution in [1.82, 2.24) is 5.32 Å². The van der Waals surface area contributed by atoms with Gasteiger partial charge in [0.25, 0.3) is 0 Å². The molecule has 0 heterocycles. The summed E-state index contributed by atoms with van der Waals surface area (Å²) in [6, 6.07) is 8.48. The van der Waals surface area contributed by atoms with E-state index in [0.29, 0.717) is 13.0 Å². The molecule has 0 saturated carbocycles. The molecule has 0 radical (unpaired) electrons. The highest BCUT2D eigenvalue weighted by molar-refractivity contribution is 5.78. The van der Waals surface area contributed by atoms with Gasteiger partial charge in [-0.05, 0) is 58.4 Å². The van der Waals surface area contributed by atoms with Crippen LogP contribution in [0.3, 0.4) is 0 Å². The van der Waals surface area contributed by atoms with Gasteiger partial charge >= 0.3 is 5.97 Å². The van der Waals surface area contributed by atoms with Crippen LogP contribution in [0.25, 0.3) is 0 Å². The predicted octanol–water partition coefficient (Wildman–Crippen LogP) is 3.05. The number of rotatable bonds is 8. The molecule has 0 amide bonds. The van der Waals surface area contributed by atoms with Crippen LogP contribution >= 0.6 is 0 Å². The Morgan fingerprint density at radius 1 is 1.43 bits per heavy atom. The highest BCUT2D eigenvalue weighted by atomic mass is 16.4. The zero-order valence-corrected chi connectivity index (χ0v) is 13.8. The van der Waals surface area contributed by atoms with Gasteiger partial charge in [0.2, 0.25) is 0 Å². The average molecular weight is 292 g/mol. The van der Waals surface area contributed by atoms with Crippen LogP contribution in [0, 0.1) is 6.92 Å². The van der Waals surface area contributed by atoms with Crippen LogP contribution in [0.2, 0.25) is 0 Å². The lowest BCUT2D eigenvalue weighted by atomic mass is 9.92. The fourth-order valence-electron chi connectivity index (χ4n) is 2.88. The van der Waals surface area contributed by atoms with E-state index in [4.69, 9.17) is 0 Å². The zero-order valence-electron chi connectivity index (χ0n) is 13.8. The van der Waals surface area contributed by atoms with Crippen LogP contribution in [-0.4, -0.2) is 35.7 Å². The number of carboxylic acids is 1. The van der Waals surface area contributed by atoms with Crippen molar-refractivity contribution < 1.29 is 9.90 Å². The van der Waals surface area contributed by atoms with Crippen LogP contribution in [0.5, 0.6) is 0 Å². The number of nitrogens with one attached hydrogen (secondary N) is 1. The van der Waals surface area contributed by atoms with Crippen molar-refractivity contribution in [3.63, 3.8) is 0 Å². The summed E-state index contributed by atoms with van der Waals surface area (Å²) >= 11 is 0. The second-order valence-corrected chi connectivity index (χ2v) is 5.85. The van der Waals surface area contributed by atoms with Gasteiger partial charge in [0.05, 0.1) is 0 Å². The number of carbonyl (C=O) groups is 1. The second-order valence-electron chi connectivity index (χ2n) is 5.85. The van der Waals surface area contributed by atoms with E-state index in [1.165, 1.54) is 5.56 Å². The molecule has 0 spiro atoms. The minimum absolute atomic E-state index is 0.136. The van der Waals surface area contributed by atoms with Gasteiger partial charge in [0, 0.05) is 18.3 Å². The number of likely N-dealkylation sites (N-methyl/N-ethyl adjacent to an activating group) is 1. The number of aryl methyl sites for hydroxylation is 1. The summed E-state index contributed by atoms with van der Waals surface area (Å²) in [5.41, 5.74) is 1.46. The highest BCUT2D eigenvalue weighted by Crippen LogP contribution is 2.23. The Kier molecular flexibility index (Phi) is 6.21. The molecule has 0 aromatic heterocycles. The Balaban J connectivity index is 2.93. The van der Waals surface area contributed by atoms with Gasteiger partial charge in [0.15, 0.2) is 0 Å². The fraction of sp³-hybridized carbons (Fsp3) is 0.588. The Bertz CT molecular complexity index is 476. The maximum Gasteiger partial charge on any atom is 0.323 e. The normalized spacial score (nSPS) is 15.3. The molecule has 0 aliphatic carbocycles. The first kappa shape index (κ1) is 17.5. The van der Waals surface area contributed by atoms with Gasteiger partial charge in [-0.2, -0.15) is 0 Å². The lowest BCUT2D eigenvalue weighted by Crippen LogP contribution is -2.53.